The number of likely N-dealkylation sites (N-methyl/N-ethyl adjacent to an activating group) is 1. The Bertz CT molecular complexity index is 758. The minimum Gasteiger partial charge on any atom is -0.481 e. The van der Waals surface area contributed by atoms with E-state index in [1.54, 1.807) is 7.05 Å². The summed E-state index contributed by atoms with van der Waals surface area (Å²) in [5, 5.41) is 18.2. The number of ketones is 3. The van der Waals surface area contributed by atoms with E-state index in [9.17, 15) is 29.1 Å². The molecule has 0 heterocycles. The van der Waals surface area contributed by atoms with E-state index < -0.39 is 11.9 Å². The minimum atomic E-state index is -1.03. The number of nitrogens with one attached hydrogen (secondary N) is 3. The van der Waals surface area contributed by atoms with Crippen LogP contribution in [-0.4, -0.2) is 67.1 Å². The molecule has 0 aromatic rings. The number of carboxylic acid groups (broad SMARTS) is 1. The van der Waals surface area contributed by atoms with Crippen LogP contribution in [0.1, 0.15) is 142 Å². The van der Waals surface area contributed by atoms with Crippen LogP contribution < -0.4 is 16.0 Å². The summed E-state index contributed by atoms with van der Waals surface area (Å²) in [7, 11) is 1.72. The number of carbonyl (C=O) groups is 5. The maximum absolute atomic E-state index is 12.4. The van der Waals surface area contributed by atoms with Crippen LogP contribution in [0.25, 0.3) is 0 Å². The Morgan fingerprint density at radius 2 is 1.26 bits per heavy atom. The highest BCUT2D eigenvalue weighted by molar-refractivity contribution is 5.86. The van der Waals surface area contributed by atoms with Gasteiger partial charge in [0.1, 0.15) is 11.6 Å². The Morgan fingerprint density at radius 3 is 1.79 bits per heavy atom. The molecule has 0 saturated carbocycles. The molecule has 0 bridgehead atoms. The van der Waals surface area contributed by atoms with Gasteiger partial charge in [-0.15, -0.1) is 0 Å². The molecule has 1 unspecified atom stereocenters. The van der Waals surface area contributed by atoms with Gasteiger partial charge in [0.25, 0.3) is 0 Å². The van der Waals surface area contributed by atoms with Crippen LogP contribution in [0, 0.1) is 5.92 Å². The largest absolute Gasteiger partial charge is 0.481 e. The quantitative estimate of drug-likeness (QED) is 0.0767. The van der Waals surface area contributed by atoms with Crippen molar-refractivity contribution in [2.45, 2.75) is 148 Å². The van der Waals surface area contributed by atoms with Gasteiger partial charge in [-0.25, -0.2) is 0 Å². The molecular weight excluding hydrogens is 534 g/mol. The maximum Gasteiger partial charge on any atom is 0.306 e. The lowest BCUT2D eigenvalue weighted by molar-refractivity contribution is -0.144. The van der Waals surface area contributed by atoms with Crippen LogP contribution in [0.2, 0.25) is 0 Å². The number of hydrogen-bond donors (Lipinski definition) is 4. The summed E-state index contributed by atoms with van der Waals surface area (Å²) in [6, 6.07) is -0.311. The van der Waals surface area contributed by atoms with Crippen LogP contribution >= 0.6 is 0 Å². The molecule has 0 aromatic carbocycles. The van der Waals surface area contributed by atoms with E-state index in [2.05, 4.69) is 22.9 Å². The summed E-state index contributed by atoms with van der Waals surface area (Å²) in [6.45, 7) is 4.46. The molecule has 0 rings (SSSR count). The first-order valence-corrected chi connectivity index (χ1v) is 16.6. The van der Waals surface area contributed by atoms with Crippen molar-refractivity contribution in [3.63, 3.8) is 0 Å². The van der Waals surface area contributed by atoms with Crippen molar-refractivity contribution in [2.75, 3.05) is 26.7 Å². The molecule has 1 amide bonds. The predicted molar refractivity (Wildman–Crippen MR) is 169 cm³/mol. The molecule has 0 radical (unpaired) electrons. The number of Topliss-reactive ketones (excluding diaryl/α,β-unsaturated/α-hetero) is 3. The second-order valence-electron chi connectivity index (χ2n) is 11.8. The lowest BCUT2D eigenvalue weighted by Gasteiger charge is -2.15. The van der Waals surface area contributed by atoms with Gasteiger partial charge in [0.05, 0.1) is 25.0 Å². The summed E-state index contributed by atoms with van der Waals surface area (Å²) in [5.74, 6) is -2.14. The van der Waals surface area contributed by atoms with Crippen LogP contribution in [0.4, 0.5) is 0 Å². The van der Waals surface area contributed by atoms with Gasteiger partial charge in [-0.1, -0.05) is 84.0 Å². The first kappa shape index (κ1) is 39.9. The number of unbranched alkanes of at least 4 members (excludes halogenated alkanes) is 13. The lowest BCUT2D eigenvalue weighted by Crippen LogP contribution is -2.40. The summed E-state index contributed by atoms with van der Waals surface area (Å²) < 4.78 is 0. The van der Waals surface area contributed by atoms with E-state index in [1.165, 1.54) is 71.1 Å². The van der Waals surface area contributed by atoms with Crippen LogP contribution in [0.3, 0.4) is 0 Å². The number of hydrogen-bond acceptors (Lipinski definition) is 7. The van der Waals surface area contributed by atoms with E-state index in [0.29, 0.717) is 25.8 Å². The molecule has 0 fully saturated rings. The Hall–Kier alpha value is -2.13. The number of aliphatic carboxylic acids is 1. The zero-order valence-electron chi connectivity index (χ0n) is 26.9. The molecule has 4 N–H and O–H groups in total. The Labute approximate surface area is 255 Å². The molecule has 0 saturated heterocycles. The summed E-state index contributed by atoms with van der Waals surface area (Å²) >= 11 is 0. The normalized spacial score (nSPS) is 12.5. The van der Waals surface area contributed by atoms with Crippen LogP contribution in [0.15, 0.2) is 0 Å². The fraction of sp³-hybridized carbons (Fsp3) is 0.848. The van der Waals surface area contributed by atoms with Gasteiger partial charge < -0.3 is 21.1 Å². The number of carbonyl (C=O) groups excluding carboxylic acids is 4. The average Bonchev–Trinajstić information content (AvgIpc) is 2.94. The zero-order valence-corrected chi connectivity index (χ0v) is 26.9. The van der Waals surface area contributed by atoms with E-state index in [0.717, 1.165) is 25.7 Å². The van der Waals surface area contributed by atoms with Crippen molar-refractivity contribution in [3.8, 4) is 0 Å². The SMILES string of the molecule is CCCCCCCCCCCCCCCC(=O)C[C@@H](CCC(=O)NCCCCC(NC)C(=O)CNCC(C)=O)C(=O)O. The van der Waals surface area contributed by atoms with Crippen molar-refractivity contribution >= 4 is 29.2 Å². The summed E-state index contributed by atoms with van der Waals surface area (Å²) in [4.78, 5) is 59.4. The third kappa shape index (κ3) is 24.5. The van der Waals surface area contributed by atoms with Gasteiger partial charge in [-0.2, -0.15) is 0 Å². The van der Waals surface area contributed by atoms with Crippen LogP contribution in [-0.2, 0) is 24.0 Å². The van der Waals surface area contributed by atoms with Crippen molar-refractivity contribution < 1.29 is 29.1 Å². The predicted octanol–water partition coefficient (Wildman–Crippen LogP) is 5.53. The number of rotatable bonds is 31. The van der Waals surface area contributed by atoms with E-state index in [4.69, 9.17) is 0 Å². The molecule has 0 aliphatic carbocycles. The Balaban J connectivity index is 3.93. The van der Waals surface area contributed by atoms with Gasteiger partial charge in [-0.05, 0) is 46.1 Å². The Kier molecular flexibility index (Phi) is 26.3. The number of amides is 1. The van der Waals surface area contributed by atoms with Gasteiger partial charge in [0.15, 0.2) is 5.78 Å². The highest BCUT2D eigenvalue weighted by Crippen LogP contribution is 2.17. The van der Waals surface area contributed by atoms with Gasteiger partial charge in [0.2, 0.25) is 5.91 Å². The van der Waals surface area contributed by atoms with Crippen molar-refractivity contribution in [1.82, 2.24) is 16.0 Å². The summed E-state index contributed by atoms with van der Waals surface area (Å²) in [6.07, 6.45) is 18.7. The molecule has 0 aromatic heterocycles. The molecule has 0 aliphatic rings. The molecule has 9 heteroatoms. The van der Waals surface area contributed by atoms with Crippen LogP contribution in [0.5, 0.6) is 0 Å². The van der Waals surface area contributed by atoms with Gasteiger partial charge >= 0.3 is 5.97 Å². The highest BCUT2D eigenvalue weighted by Gasteiger charge is 2.22. The fourth-order valence-electron chi connectivity index (χ4n) is 5.08. The Morgan fingerprint density at radius 1 is 0.690 bits per heavy atom. The van der Waals surface area contributed by atoms with Gasteiger partial charge in [0, 0.05) is 25.8 Å². The second kappa shape index (κ2) is 27.7. The standard InChI is InChI=1S/C33H61N3O6/c1-4-5-6-7-8-9-10-11-12-13-14-15-16-19-29(38)24-28(33(41)42)21-22-32(40)36-23-18-17-20-30(34-3)31(39)26-35-25-27(2)37/h28,30,34-35H,4-26H2,1-3H3,(H,36,40)(H,41,42)/t28-,30?/m1/s1. The fourth-order valence-corrected chi connectivity index (χ4v) is 5.08. The summed E-state index contributed by atoms with van der Waals surface area (Å²) in [5.41, 5.74) is 0. The topological polar surface area (TPSA) is 142 Å². The molecule has 244 valence electrons. The van der Waals surface area contributed by atoms with Crippen molar-refractivity contribution in [2.24, 2.45) is 5.92 Å². The molecule has 0 aliphatic heterocycles. The minimum absolute atomic E-state index is 0.00821. The molecule has 0 spiro atoms. The molecule has 2 atom stereocenters. The molecular formula is C33H61N3O6. The smallest absolute Gasteiger partial charge is 0.306 e. The third-order valence-corrected chi connectivity index (χ3v) is 7.75. The molecule has 9 nitrogen and oxygen atoms in total. The lowest BCUT2D eigenvalue weighted by atomic mass is 9.94. The third-order valence-electron chi connectivity index (χ3n) is 7.75. The van der Waals surface area contributed by atoms with Gasteiger partial charge in [-0.3, -0.25) is 24.0 Å². The van der Waals surface area contributed by atoms with E-state index >= 15 is 0 Å². The number of carboxylic acids is 1. The van der Waals surface area contributed by atoms with E-state index in [1.807, 2.05) is 0 Å². The van der Waals surface area contributed by atoms with Crippen molar-refractivity contribution in [3.05, 3.63) is 0 Å². The highest BCUT2D eigenvalue weighted by atomic mass is 16.4. The molecule has 42 heavy (non-hydrogen) atoms. The van der Waals surface area contributed by atoms with E-state index in [-0.39, 0.29) is 61.7 Å². The first-order valence-electron chi connectivity index (χ1n) is 16.6. The zero-order chi connectivity index (χ0) is 31.4. The van der Waals surface area contributed by atoms with Crippen molar-refractivity contribution in [1.29, 1.82) is 0 Å². The average molecular weight is 596 g/mol. The second-order valence-corrected chi connectivity index (χ2v) is 11.8. The maximum atomic E-state index is 12.4. The monoisotopic (exact) mass is 595 g/mol. The first-order chi connectivity index (χ1) is 20.2.